The van der Waals surface area contributed by atoms with Crippen LogP contribution in [0.1, 0.15) is 45.4 Å². The predicted molar refractivity (Wildman–Crippen MR) is 76.2 cm³/mol. The van der Waals surface area contributed by atoms with Gasteiger partial charge in [0.15, 0.2) is 0 Å². The monoisotopic (exact) mass is 268 g/mol. The fraction of sp³-hybridized carbons (Fsp3) is 0.933. The fourth-order valence-electron chi connectivity index (χ4n) is 3.11. The molecular weight excluding hydrogens is 240 g/mol. The number of carbonyl (C=O) groups is 1. The maximum absolute atomic E-state index is 11.3. The first-order valence-corrected chi connectivity index (χ1v) is 7.87. The highest BCUT2D eigenvalue weighted by molar-refractivity contribution is 5.70. The molecule has 2 N–H and O–H groups in total. The van der Waals surface area contributed by atoms with Crippen LogP contribution >= 0.6 is 0 Å². The van der Waals surface area contributed by atoms with Gasteiger partial charge in [-0.05, 0) is 44.7 Å². The van der Waals surface area contributed by atoms with Gasteiger partial charge in [-0.3, -0.25) is 4.79 Å². The zero-order valence-electron chi connectivity index (χ0n) is 12.1. The molecular formula is C15H28N2O2. The van der Waals surface area contributed by atoms with E-state index < -0.39 is 5.97 Å². The number of likely N-dealkylation sites (tertiary alicyclic amines) is 1. The number of hydrogen-bond acceptors (Lipinski definition) is 3. The molecule has 2 fully saturated rings. The Morgan fingerprint density at radius 2 is 2.16 bits per heavy atom. The molecule has 2 unspecified atom stereocenters. The van der Waals surface area contributed by atoms with Gasteiger partial charge in [-0.2, -0.15) is 0 Å². The molecule has 1 aliphatic heterocycles. The van der Waals surface area contributed by atoms with Crippen molar-refractivity contribution in [3.05, 3.63) is 0 Å². The van der Waals surface area contributed by atoms with Crippen LogP contribution in [0.25, 0.3) is 0 Å². The second-order valence-electron chi connectivity index (χ2n) is 6.29. The van der Waals surface area contributed by atoms with Crippen molar-refractivity contribution in [2.24, 2.45) is 11.8 Å². The minimum atomic E-state index is -0.628. The number of nitrogens with one attached hydrogen (secondary N) is 1. The first kappa shape index (κ1) is 14.8. The van der Waals surface area contributed by atoms with Crippen LogP contribution in [0.15, 0.2) is 0 Å². The Kier molecular flexibility index (Phi) is 5.64. The van der Waals surface area contributed by atoms with Crippen molar-refractivity contribution >= 4 is 5.97 Å². The SMILES string of the molecule is CCCCN1CC(NCC2CCC2)CC(C(=O)O)C1. The number of piperidine rings is 1. The van der Waals surface area contributed by atoms with Gasteiger partial charge in [0.2, 0.25) is 0 Å². The van der Waals surface area contributed by atoms with E-state index in [9.17, 15) is 9.90 Å². The van der Waals surface area contributed by atoms with Gasteiger partial charge in [-0.15, -0.1) is 0 Å². The second-order valence-corrected chi connectivity index (χ2v) is 6.29. The molecule has 4 nitrogen and oxygen atoms in total. The van der Waals surface area contributed by atoms with Crippen LogP contribution in [-0.2, 0) is 4.79 Å². The number of carboxylic acid groups (broad SMARTS) is 1. The van der Waals surface area contributed by atoms with E-state index in [4.69, 9.17) is 0 Å². The highest BCUT2D eigenvalue weighted by atomic mass is 16.4. The third kappa shape index (κ3) is 4.46. The highest BCUT2D eigenvalue weighted by Gasteiger charge is 2.31. The summed E-state index contributed by atoms with van der Waals surface area (Å²) in [6.07, 6.45) is 7.21. The standard InChI is InChI=1S/C15H28N2O2/c1-2-3-7-17-10-13(15(18)19)8-14(11-17)16-9-12-5-4-6-12/h12-14,16H,2-11H2,1H3,(H,18,19). The first-order valence-electron chi connectivity index (χ1n) is 7.87. The van der Waals surface area contributed by atoms with Gasteiger partial charge in [0, 0.05) is 19.1 Å². The maximum Gasteiger partial charge on any atom is 0.307 e. The summed E-state index contributed by atoms with van der Waals surface area (Å²) in [5.41, 5.74) is 0. The molecule has 1 aliphatic carbocycles. The molecule has 110 valence electrons. The van der Waals surface area contributed by atoms with Crippen molar-refractivity contribution in [1.29, 1.82) is 0 Å². The molecule has 0 bridgehead atoms. The average molecular weight is 268 g/mol. The molecule has 0 amide bonds. The van der Waals surface area contributed by atoms with Crippen LogP contribution in [0.4, 0.5) is 0 Å². The zero-order valence-corrected chi connectivity index (χ0v) is 12.1. The second kappa shape index (κ2) is 7.25. The number of aliphatic carboxylic acids is 1. The van der Waals surface area contributed by atoms with E-state index >= 15 is 0 Å². The largest absolute Gasteiger partial charge is 0.481 e. The van der Waals surface area contributed by atoms with Crippen LogP contribution in [-0.4, -0.2) is 48.2 Å². The smallest absolute Gasteiger partial charge is 0.307 e. The molecule has 4 heteroatoms. The average Bonchev–Trinajstić information content (AvgIpc) is 2.34. The molecule has 0 spiro atoms. The molecule has 2 aliphatic rings. The molecule has 19 heavy (non-hydrogen) atoms. The van der Waals surface area contributed by atoms with Gasteiger partial charge < -0.3 is 15.3 Å². The quantitative estimate of drug-likeness (QED) is 0.741. The van der Waals surface area contributed by atoms with Crippen molar-refractivity contribution in [1.82, 2.24) is 10.2 Å². The molecule has 1 saturated heterocycles. The Morgan fingerprint density at radius 3 is 2.74 bits per heavy atom. The molecule has 0 radical (unpaired) electrons. The molecule has 1 heterocycles. The van der Waals surface area contributed by atoms with E-state index in [2.05, 4.69) is 17.1 Å². The zero-order chi connectivity index (χ0) is 13.7. The molecule has 0 aromatic carbocycles. The van der Waals surface area contributed by atoms with E-state index in [0.717, 1.165) is 38.5 Å². The lowest BCUT2D eigenvalue weighted by Gasteiger charge is -2.38. The van der Waals surface area contributed by atoms with E-state index in [1.165, 1.54) is 32.1 Å². The summed E-state index contributed by atoms with van der Waals surface area (Å²) in [5, 5.41) is 12.9. The van der Waals surface area contributed by atoms with Crippen LogP contribution in [0.5, 0.6) is 0 Å². The molecule has 2 rings (SSSR count). The van der Waals surface area contributed by atoms with Gasteiger partial charge >= 0.3 is 5.97 Å². The summed E-state index contributed by atoms with van der Waals surface area (Å²) in [7, 11) is 0. The molecule has 0 aromatic rings. The molecule has 2 atom stereocenters. The van der Waals surface area contributed by atoms with Gasteiger partial charge in [-0.25, -0.2) is 0 Å². The number of unbranched alkanes of at least 4 members (excludes halogenated alkanes) is 1. The van der Waals surface area contributed by atoms with E-state index in [1.54, 1.807) is 0 Å². The molecule has 0 aromatic heterocycles. The molecule has 1 saturated carbocycles. The van der Waals surface area contributed by atoms with Crippen molar-refractivity contribution < 1.29 is 9.90 Å². The van der Waals surface area contributed by atoms with E-state index in [1.807, 2.05) is 0 Å². The lowest BCUT2D eigenvalue weighted by atomic mass is 9.85. The Morgan fingerprint density at radius 1 is 1.37 bits per heavy atom. The number of nitrogens with zero attached hydrogens (tertiary/aromatic N) is 1. The summed E-state index contributed by atoms with van der Waals surface area (Å²) >= 11 is 0. The Labute approximate surface area is 116 Å². The maximum atomic E-state index is 11.3. The highest BCUT2D eigenvalue weighted by Crippen LogP contribution is 2.26. The van der Waals surface area contributed by atoms with Gasteiger partial charge in [0.1, 0.15) is 0 Å². The summed E-state index contributed by atoms with van der Waals surface area (Å²) < 4.78 is 0. The summed E-state index contributed by atoms with van der Waals surface area (Å²) in [5.74, 6) is 0.0236. The minimum absolute atomic E-state index is 0.190. The van der Waals surface area contributed by atoms with Gasteiger partial charge in [-0.1, -0.05) is 19.8 Å². The topological polar surface area (TPSA) is 52.6 Å². The number of hydrogen-bond donors (Lipinski definition) is 2. The summed E-state index contributed by atoms with van der Waals surface area (Å²) in [6.45, 7) is 6.07. The van der Waals surface area contributed by atoms with Crippen molar-refractivity contribution in [2.75, 3.05) is 26.2 Å². The van der Waals surface area contributed by atoms with Crippen molar-refractivity contribution in [3.8, 4) is 0 Å². The van der Waals surface area contributed by atoms with Crippen LogP contribution < -0.4 is 5.32 Å². The van der Waals surface area contributed by atoms with Crippen molar-refractivity contribution in [3.63, 3.8) is 0 Å². The Hall–Kier alpha value is -0.610. The minimum Gasteiger partial charge on any atom is -0.481 e. The van der Waals surface area contributed by atoms with Crippen LogP contribution in [0.3, 0.4) is 0 Å². The Balaban J connectivity index is 1.80. The summed E-state index contributed by atoms with van der Waals surface area (Å²) in [4.78, 5) is 13.6. The first-order chi connectivity index (χ1) is 9.19. The Bertz CT molecular complexity index is 292. The normalized spacial score (nSPS) is 29.1. The van der Waals surface area contributed by atoms with Crippen molar-refractivity contribution in [2.45, 2.75) is 51.5 Å². The lowest BCUT2D eigenvalue weighted by Crippen LogP contribution is -2.52. The third-order valence-corrected chi connectivity index (χ3v) is 4.62. The fourth-order valence-corrected chi connectivity index (χ4v) is 3.11. The van der Waals surface area contributed by atoms with Gasteiger partial charge in [0.25, 0.3) is 0 Å². The van der Waals surface area contributed by atoms with Crippen LogP contribution in [0, 0.1) is 11.8 Å². The van der Waals surface area contributed by atoms with E-state index in [-0.39, 0.29) is 5.92 Å². The van der Waals surface area contributed by atoms with E-state index in [0.29, 0.717) is 6.04 Å². The summed E-state index contributed by atoms with van der Waals surface area (Å²) in [6, 6.07) is 0.368. The number of rotatable bonds is 7. The lowest BCUT2D eigenvalue weighted by molar-refractivity contribution is -0.144. The number of carboxylic acids is 1. The third-order valence-electron chi connectivity index (χ3n) is 4.62. The predicted octanol–water partition coefficient (Wildman–Crippen LogP) is 1.95. The van der Waals surface area contributed by atoms with Gasteiger partial charge in [0.05, 0.1) is 5.92 Å². The van der Waals surface area contributed by atoms with Crippen LogP contribution in [0.2, 0.25) is 0 Å².